The zero-order valence-corrected chi connectivity index (χ0v) is 11.1. The number of nitrogens with two attached hydrogens (primary N) is 1. The summed E-state index contributed by atoms with van der Waals surface area (Å²) >= 11 is 0. The van der Waals surface area contributed by atoms with Crippen LogP contribution in [0.1, 0.15) is 42.4 Å². The molecule has 18 heavy (non-hydrogen) atoms. The van der Waals surface area contributed by atoms with Gasteiger partial charge in [0, 0.05) is 24.3 Å². The second-order valence-electron chi connectivity index (χ2n) is 5.09. The summed E-state index contributed by atoms with van der Waals surface area (Å²) in [7, 11) is 0. The van der Waals surface area contributed by atoms with Crippen LogP contribution in [0.5, 0.6) is 0 Å². The zero-order valence-electron chi connectivity index (χ0n) is 11.1. The Balaban J connectivity index is 2.21. The Hall–Kier alpha value is -1.42. The molecule has 0 radical (unpaired) electrons. The van der Waals surface area contributed by atoms with Gasteiger partial charge in [0.2, 0.25) is 0 Å². The molecule has 1 amide bonds. The molecule has 0 aromatic carbocycles. The van der Waals surface area contributed by atoms with Gasteiger partial charge in [0.05, 0.1) is 0 Å². The van der Waals surface area contributed by atoms with Crippen molar-refractivity contribution in [3.05, 3.63) is 29.6 Å². The maximum atomic E-state index is 12.5. The van der Waals surface area contributed by atoms with Crippen molar-refractivity contribution in [2.75, 3.05) is 6.54 Å². The molecule has 2 N–H and O–H groups in total. The van der Waals surface area contributed by atoms with Crippen molar-refractivity contribution < 1.29 is 4.79 Å². The zero-order chi connectivity index (χ0) is 13.1. The molecule has 0 saturated carbocycles. The molecule has 0 aliphatic carbocycles. The van der Waals surface area contributed by atoms with Crippen LogP contribution in [0.2, 0.25) is 0 Å². The first-order valence-corrected chi connectivity index (χ1v) is 6.60. The third kappa shape index (κ3) is 2.70. The van der Waals surface area contributed by atoms with Crippen molar-refractivity contribution in [2.24, 2.45) is 5.73 Å². The van der Waals surface area contributed by atoms with E-state index in [4.69, 9.17) is 5.73 Å². The molecule has 0 spiro atoms. The molecule has 4 nitrogen and oxygen atoms in total. The van der Waals surface area contributed by atoms with Gasteiger partial charge in [-0.25, -0.2) is 4.98 Å². The van der Waals surface area contributed by atoms with Crippen molar-refractivity contribution >= 4 is 5.91 Å². The highest BCUT2D eigenvalue weighted by molar-refractivity contribution is 5.92. The highest BCUT2D eigenvalue weighted by Gasteiger charge is 2.30. The van der Waals surface area contributed by atoms with Crippen LogP contribution >= 0.6 is 0 Å². The SMILES string of the molecule is Cc1cccc(C(=O)N2CCCCC2C(C)N)n1. The van der Waals surface area contributed by atoms with Crippen molar-refractivity contribution in [3.63, 3.8) is 0 Å². The predicted molar refractivity (Wildman–Crippen MR) is 71.3 cm³/mol. The molecule has 2 atom stereocenters. The van der Waals surface area contributed by atoms with Crippen molar-refractivity contribution in [2.45, 2.75) is 45.2 Å². The number of hydrogen-bond donors (Lipinski definition) is 1. The van der Waals surface area contributed by atoms with Gasteiger partial charge in [-0.2, -0.15) is 0 Å². The van der Waals surface area contributed by atoms with Gasteiger partial charge in [0.1, 0.15) is 5.69 Å². The molecule has 1 aliphatic rings. The lowest BCUT2D eigenvalue weighted by atomic mass is 9.96. The average Bonchev–Trinajstić information content (AvgIpc) is 2.38. The van der Waals surface area contributed by atoms with E-state index in [1.807, 2.05) is 30.9 Å². The van der Waals surface area contributed by atoms with Gasteiger partial charge in [0.25, 0.3) is 5.91 Å². The predicted octanol–water partition coefficient (Wildman–Crippen LogP) is 1.73. The molecule has 2 unspecified atom stereocenters. The number of aryl methyl sites for hydroxylation is 1. The number of pyridine rings is 1. The average molecular weight is 247 g/mol. The van der Waals surface area contributed by atoms with E-state index in [2.05, 4.69) is 4.98 Å². The monoisotopic (exact) mass is 247 g/mol. The number of carbonyl (C=O) groups is 1. The van der Waals surface area contributed by atoms with Gasteiger partial charge >= 0.3 is 0 Å². The first kappa shape index (κ1) is 13.0. The standard InChI is InChI=1S/C14H21N3O/c1-10-6-5-7-12(16-10)14(18)17-9-4-3-8-13(17)11(2)15/h5-7,11,13H,3-4,8-9,15H2,1-2H3. The van der Waals surface area contributed by atoms with Crippen LogP contribution in [0.25, 0.3) is 0 Å². The number of amides is 1. The Bertz CT molecular complexity index is 431. The summed E-state index contributed by atoms with van der Waals surface area (Å²) in [6.07, 6.45) is 3.20. The van der Waals surface area contributed by atoms with Gasteiger partial charge < -0.3 is 10.6 Å². The second-order valence-corrected chi connectivity index (χ2v) is 5.09. The van der Waals surface area contributed by atoms with E-state index >= 15 is 0 Å². The lowest BCUT2D eigenvalue weighted by Crippen LogP contribution is -2.51. The molecule has 1 aromatic heterocycles. The maximum Gasteiger partial charge on any atom is 0.272 e. The number of aromatic nitrogens is 1. The van der Waals surface area contributed by atoms with Gasteiger partial charge in [-0.05, 0) is 45.2 Å². The van der Waals surface area contributed by atoms with Gasteiger partial charge in [-0.1, -0.05) is 6.07 Å². The van der Waals surface area contributed by atoms with Crippen LogP contribution in [0, 0.1) is 6.92 Å². The number of likely N-dealkylation sites (tertiary alicyclic amines) is 1. The third-order valence-electron chi connectivity index (χ3n) is 3.52. The van der Waals surface area contributed by atoms with E-state index in [-0.39, 0.29) is 18.0 Å². The molecule has 98 valence electrons. The topological polar surface area (TPSA) is 59.2 Å². The number of piperidine rings is 1. The Labute approximate surface area is 108 Å². The number of carbonyl (C=O) groups excluding carboxylic acids is 1. The van der Waals surface area contributed by atoms with E-state index in [0.29, 0.717) is 5.69 Å². The summed E-state index contributed by atoms with van der Waals surface area (Å²) in [5.74, 6) is 0.0145. The highest BCUT2D eigenvalue weighted by atomic mass is 16.2. The number of hydrogen-bond acceptors (Lipinski definition) is 3. The van der Waals surface area contributed by atoms with E-state index in [1.165, 1.54) is 0 Å². The van der Waals surface area contributed by atoms with Crippen LogP contribution in [0.4, 0.5) is 0 Å². The Kier molecular flexibility index (Phi) is 3.97. The first-order valence-electron chi connectivity index (χ1n) is 6.60. The Morgan fingerprint density at radius 2 is 2.28 bits per heavy atom. The van der Waals surface area contributed by atoms with E-state index in [9.17, 15) is 4.79 Å². The fourth-order valence-corrected chi connectivity index (χ4v) is 2.57. The van der Waals surface area contributed by atoms with Crippen molar-refractivity contribution in [1.29, 1.82) is 0 Å². The van der Waals surface area contributed by atoms with Crippen molar-refractivity contribution in [1.82, 2.24) is 9.88 Å². The molecular weight excluding hydrogens is 226 g/mol. The molecule has 0 bridgehead atoms. The van der Waals surface area contributed by atoms with E-state index in [0.717, 1.165) is 31.5 Å². The molecule has 1 fully saturated rings. The normalized spacial score (nSPS) is 21.7. The molecule has 1 saturated heterocycles. The van der Waals surface area contributed by atoms with Gasteiger partial charge in [-0.3, -0.25) is 4.79 Å². The minimum atomic E-state index is 0.0130. The minimum Gasteiger partial charge on any atom is -0.333 e. The van der Waals surface area contributed by atoms with Crippen LogP contribution in [-0.2, 0) is 0 Å². The van der Waals surface area contributed by atoms with Crippen molar-refractivity contribution in [3.8, 4) is 0 Å². The Morgan fingerprint density at radius 3 is 2.94 bits per heavy atom. The number of rotatable bonds is 2. The summed E-state index contributed by atoms with van der Waals surface area (Å²) < 4.78 is 0. The summed E-state index contributed by atoms with van der Waals surface area (Å²) in [5, 5.41) is 0. The largest absolute Gasteiger partial charge is 0.333 e. The van der Waals surface area contributed by atoms with Crippen LogP contribution in [0.15, 0.2) is 18.2 Å². The fraction of sp³-hybridized carbons (Fsp3) is 0.571. The minimum absolute atomic E-state index is 0.0130. The van der Waals surface area contributed by atoms with Gasteiger partial charge in [0.15, 0.2) is 0 Å². The van der Waals surface area contributed by atoms with Crippen LogP contribution < -0.4 is 5.73 Å². The molecular formula is C14H21N3O. The Morgan fingerprint density at radius 1 is 1.50 bits per heavy atom. The molecule has 4 heteroatoms. The molecule has 2 heterocycles. The fourth-order valence-electron chi connectivity index (χ4n) is 2.57. The highest BCUT2D eigenvalue weighted by Crippen LogP contribution is 2.21. The summed E-state index contributed by atoms with van der Waals surface area (Å²) in [6.45, 7) is 4.66. The lowest BCUT2D eigenvalue weighted by Gasteiger charge is -2.37. The lowest BCUT2D eigenvalue weighted by molar-refractivity contribution is 0.0577. The summed E-state index contributed by atoms with van der Waals surface area (Å²) in [5.41, 5.74) is 7.39. The molecule has 1 aromatic rings. The van der Waals surface area contributed by atoms with Gasteiger partial charge in [-0.15, -0.1) is 0 Å². The van der Waals surface area contributed by atoms with E-state index < -0.39 is 0 Å². The number of nitrogens with zero attached hydrogens (tertiary/aromatic N) is 2. The smallest absolute Gasteiger partial charge is 0.272 e. The molecule has 2 rings (SSSR count). The van der Waals surface area contributed by atoms with Crippen LogP contribution in [0.3, 0.4) is 0 Å². The summed E-state index contributed by atoms with van der Waals surface area (Å²) in [4.78, 5) is 18.7. The second kappa shape index (κ2) is 5.48. The maximum absolute atomic E-state index is 12.5. The summed E-state index contributed by atoms with van der Waals surface area (Å²) in [6, 6.07) is 5.71. The van der Waals surface area contributed by atoms with Crippen LogP contribution in [-0.4, -0.2) is 34.4 Å². The third-order valence-corrected chi connectivity index (χ3v) is 3.52. The first-order chi connectivity index (χ1) is 8.59. The van der Waals surface area contributed by atoms with E-state index in [1.54, 1.807) is 6.07 Å². The molecule has 1 aliphatic heterocycles. The quantitative estimate of drug-likeness (QED) is 0.866.